The van der Waals surface area contributed by atoms with E-state index in [0.717, 1.165) is 0 Å². The molecule has 0 spiro atoms. The van der Waals surface area contributed by atoms with Crippen LogP contribution in [0.1, 0.15) is 12.5 Å². The van der Waals surface area contributed by atoms with Crippen LogP contribution in [0.15, 0.2) is 18.2 Å². The van der Waals surface area contributed by atoms with Crippen molar-refractivity contribution in [2.75, 3.05) is 14.2 Å². The van der Waals surface area contributed by atoms with Crippen LogP contribution in [0.5, 0.6) is 0 Å². The van der Waals surface area contributed by atoms with E-state index in [1.807, 2.05) is 0 Å². The van der Waals surface area contributed by atoms with Gasteiger partial charge in [-0.1, -0.05) is 29.3 Å². The summed E-state index contributed by atoms with van der Waals surface area (Å²) in [6, 6.07) is 4.44. The molecule has 0 bridgehead atoms. The highest BCUT2D eigenvalue weighted by Crippen LogP contribution is 2.62. The highest BCUT2D eigenvalue weighted by Gasteiger charge is 2.46. The van der Waals surface area contributed by atoms with Crippen molar-refractivity contribution in [3.05, 3.63) is 33.8 Å². The summed E-state index contributed by atoms with van der Waals surface area (Å²) >= 11 is 11.6. The van der Waals surface area contributed by atoms with Crippen molar-refractivity contribution < 1.29 is 18.7 Å². The maximum absolute atomic E-state index is 12.2. The number of hydrogen-bond acceptors (Lipinski definition) is 4. The fourth-order valence-electron chi connectivity index (χ4n) is 1.38. The Morgan fingerprint density at radius 1 is 1.24 bits per heavy atom. The maximum atomic E-state index is 12.2. The van der Waals surface area contributed by atoms with E-state index in [0.29, 0.717) is 10.6 Å². The van der Waals surface area contributed by atoms with Gasteiger partial charge < -0.3 is 14.2 Å². The van der Waals surface area contributed by atoms with Crippen LogP contribution >= 0.6 is 30.8 Å². The number of aliphatic hydroxyl groups is 1. The highest BCUT2D eigenvalue weighted by atomic mass is 35.5. The quantitative estimate of drug-likeness (QED) is 0.862. The fourth-order valence-corrected chi connectivity index (χ4v) is 2.99. The zero-order valence-corrected chi connectivity index (χ0v) is 12.0. The van der Waals surface area contributed by atoms with Crippen molar-refractivity contribution in [1.29, 1.82) is 0 Å². The summed E-state index contributed by atoms with van der Waals surface area (Å²) in [6.45, 7) is 1.33. The number of rotatable bonds is 4. The van der Waals surface area contributed by atoms with Gasteiger partial charge in [0.1, 0.15) is 0 Å². The Morgan fingerprint density at radius 2 is 1.76 bits per heavy atom. The minimum Gasteiger partial charge on any atom is -0.373 e. The van der Waals surface area contributed by atoms with Crippen LogP contribution in [0, 0.1) is 0 Å². The van der Waals surface area contributed by atoms with Gasteiger partial charge in [-0.25, -0.2) is 0 Å². The second-order valence-electron chi connectivity index (χ2n) is 3.51. The monoisotopic (exact) mass is 298 g/mol. The molecular weight excluding hydrogens is 286 g/mol. The van der Waals surface area contributed by atoms with Crippen molar-refractivity contribution >= 4 is 30.8 Å². The predicted octanol–water partition coefficient (Wildman–Crippen LogP) is 3.64. The molecule has 1 N–H and O–H groups in total. The van der Waals surface area contributed by atoms with E-state index in [4.69, 9.17) is 32.2 Å². The Bertz CT molecular complexity index is 454. The lowest BCUT2D eigenvalue weighted by Gasteiger charge is -2.30. The van der Waals surface area contributed by atoms with Gasteiger partial charge in [0.15, 0.2) is 5.34 Å². The third-order valence-corrected chi connectivity index (χ3v) is 5.51. The van der Waals surface area contributed by atoms with Gasteiger partial charge in [-0.15, -0.1) is 0 Å². The van der Waals surface area contributed by atoms with E-state index < -0.39 is 12.9 Å². The molecule has 0 aliphatic rings. The summed E-state index contributed by atoms with van der Waals surface area (Å²) in [6.07, 6.45) is 0. The number of benzene rings is 1. The molecule has 1 unspecified atom stereocenters. The number of hydrogen-bond donors (Lipinski definition) is 1. The average molecular weight is 299 g/mol. The van der Waals surface area contributed by atoms with Gasteiger partial charge in [-0.05, 0) is 24.6 Å². The third kappa shape index (κ3) is 2.68. The minimum absolute atomic E-state index is 0.253. The first-order chi connectivity index (χ1) is 7.78. The van der Waals surface area contributed by atoms with Gasteiger partial charge in [-0.3, -0.25) is 4.57 Å². The van der Waals surface area contributed by atoms with Gasteiger partial charge in [0, 0.05) is 14.2 Å². The first-order valence-electron chi connectivity index (χ1n) is 4.68. The largest absolute Gasteiger partial charge is 0.373 e. The molecule has 0 heterocycles. The highest BCUT2D eigenvalue weighted by molar-refractivity contribution is 7.54. The second kappa shape index (κ2) is 5.27. The third-order valence-electron chi connectivity index (χ3n) is 2.48. The molecule has 0 aliphatic carbocycles. The molecule has 1 rings (SSSR count). The SMILES string of the molecule is COP(=O)(OC)C(C)(O)c1ccc(Cl)c(Cl)c1. The second-order valence-corrected chi connectivity index (χ2v) is 6.92. The Kier molecular flexibility index (Phi) is 4.64. The summed E-state index contributed by atoms with van der Waals surface area (Å²) in [5, 5.41) is 9.10. The Hall–Kier alpha value is -0.0900. The lowest BCUT2D eigenvalue weighted by atomic mass is 10.1. The van der Waals surface area contributed by atoms with E-state index in [1.54, 1.807) is 0 Å². The van der Waals surface area contributed by atoms with Crippen molar-refractivity contribution in [3.8, 4) is 0 Å². The zero-order chi connectivity index (χ0) is 13.3. The molecule has 17 heavy (non-hydrogen) atoms. The van der Waals surface area contributed by atoms with E-state index in [9.17, 15) is 9.67 Å². The lowest BCUT2D eigenvalue weighted by molar-refractivity contribution is 0.0932. The molecule has 0 saturated carbocycles. The van der Waals surface area contributed by atoms with Gasteiger partial charge in [0.2, 0.25) is 0 Å². The molecule has 96 valence electrons. The van der Waals surface area contributed by atoms with Gasteiger partial charge in [-0.2, -0.15) is 0 Å². The summed E-state index contributed by atoms with van der Waals surface area (Å²) in [7, 11) is -1.28. The van der Waals surface area contributed by atoms with Crippen LogP contribution in [-0.4, -0.2) is 19.3 Å². The summed E-state index contributed by atoms with van der Waals surface area (Å²) < 4.78 is 21.8. The van der Waals surface area contributed by atoms with Crippen LogP contribution in [0.25, 0.3) is 0 Å². The van der Waals surface area contributed by atoms with Crippen LogP contribution in [0.2, 0.25) is 10.0 Å². The Labute approximate surface area is 110 Å². The smallest absolute Gasteiger partial charge is 0.365 e. The number of halogens is 2. The fraction of sp³-hybridized carbons (Fsp3) is 0.400. The molecule has 1 aromatic carbocycles. The van der Waals surface area contributed by atoms with Crippen LogP contribution in [0.4, 0.5) is 0 Å². The van der Waals surface area contributed by atoms with E-state index >= 15 is 0 Å². The molecule has 0 aliphatic heterocycles. The molecule has 0 amide bonds. The molecule has 0 aromatic heterocycles. The molecule has 0 saturated heterocycles. The molecule has 1 aromatic rings. The standard InChI is InChI=1S/C10H13Cl2O4P/c1-10(13,17(14,15-2)16-3)7-4-5-8(11)9(12)6-7/h4-6,13H,1-3H3. The summed E-state index contributed by atoms with van der Waals surface area (Å²) in [5.74, 6) is 0. The van der Waals surface area contributed by atoms with Crippen LogP contribution in [-0.2, 0) is 19.0 Å². The van der Waals surface area contributed by atoms with E-state index in [-0.39, 0.29) is 5.02 Å². The van der Waals surface area contributed by atoms with Gasteiger partial charge in [0.05, 0.1) is 10.0 Å². The average Bonchev–Trinajstić information content (AvgIpc) is 2.31. The van der Waals surface area contributed by atoms with Crippen molar-refractivity contribution in [1.82, 2.24) is 0 Å². The Morgan fingerprint density at radius 3 is 2.18 bits per heavy atom. The van der Waals surface area contributed by atoms with Crippen molar-refractivity contribution in [3.63, 3.8) is 0 Å². The molecule has 7 heteroatoms. The molecule has 1 atom stereocenters. The molecule has 0 fully saturated rings. The van der Waals surface area contributed by atoms with Crippen LogP contribution < -0.4 is 0 Å². The van der Waals surface area contributed by atoms with E-state index in [1.165, 1.54) is 39.3 Å². The molecule has 4 nitrogen and oxygen atoms in total. The van der Waals surface area contributed by atoms with Crippen LogP contribution in [0.3, 0.4) is 0 Å². The normalized spacial score (nSPS) is 15.6. The Balaban J connectivity index is 3.30. The molecule has 0 radical (unpaired) electrons. The van der Waals surface area contributed by atoms with Crippen molar-refractivity contribution in [2.24, 2.45) is 0 Å². The van der Waals surface area contributed by atoms with Gasteiger partial charge >= 0.3 is 7.60 Å². The molecular formula is C10H13Cl2O4P. The zero-order valence-electron chi connectivity index (χ0n) is 9.61. The first-order valence-corrected chi connectivity index (χ1v) is 6.98. The van der Waals surface area contributed by atoms with Crippen molar-refractivity contribution in [2.45, 2.75) is 12.3 Å². The van der Waals surface area contributed by atoms with E-state index in [2.05, 4.69) is 0 Å². The summed E-state index contributed by atoms with van der Waals surface area (Å²) in [4.78, 5) is 0. The minimum atomic E-state index is -3.69. The first kappa shape index (κ1) is 15.0. The summed E-state index contributed by atoms with van der Waals surface area (Å²) in [5.41, 5.74) is 0.305. The lowest BCUT2D eigenvalue weighted by Crippen LogP contribution is -2.23. The van der Waals surface area contributed by atoms with Gasteiger partial charge in [0.25, 0.3) is 0 Å². The predicted molar refractivity (Wildman–Crippen MR) is 67.7 cm³/mol. The maximum Gasteiger partial charge on any atom is 0.365 e. The topological polar surface area (TPSA) is 55.8 Å².